The van der Waals surface area contributed by atoms with Crippen molar-refractivity contribution in [3.8, 4) is 11.3 Å². The van der Waals surface area contributed by atoms with Gasteiger partial charge in [0.15, 0.2) is 5.15 Å². The average molecular weight is 1250 g/mol. The van der Waals surface area contributed by atoms with Gasteiger partial charge in [-0.1, -0.05) is 25.4 Å². The van der Waals surface area contributed by atoms with Gasteiger partial charge in [0, 0.05) is 55.0 Å². The highest BCUT2D eigenvalue weighted by Gasteiger charge is 2.52. The topological polar surface area (TPSA) is 236 Å². The highest BCUT2D eigenvalue weighted by molar-refractivity contribution is 9.11. The smallest absolute Gasteiger partial charge is 0.398 e. The summed E-state index contributed by atoms with van der Waals surface area (Å²) in [7, 11) is -0.441. The molecule has 0 unspecified atom stereocenters. The number of benzene rings is 3. The summed E-state index contributed by atoms with van der Waals surface area (Å²) in [6, 6.07) is 13.3. The van der Waals surface area contributed by atoms with Crippen molar-refractivity contribution in [2.24, 2.45) is 5.73 Å². The minimum absolute atomic E-state index is 0.0275. The molecule has 1 fully saturated rings. The van der Waals surface area contributed by atoms with Crippen molar-refractivity contribution in [1.29, 1.82) is 0 Å². The van der Waals surface area contributed by atoms with E-state index in [2.05, 4.69) is 93.0 Å². The Bertz CT molecular complexity index is 3600. The van der Waals surface area contributed by atoms with Gasteiger partial charge in [-0.05, 0) is 163 Å². The van der Waals surface area contributed by atoms with Gasteiger partial charge in [-0.3, -0.25) is 9.59 Å². The normalized spacial score (nSPS) is 15.0. The molecule has 8 N–H and O–H groups in total. The molecule has 8 heterocycles. The van der Waals surface area contributed by atoms with E-state index in [1.807, 2.05) is 89.2 Å². The minimum atomic E-state index is -0.441. The molecule has 0 saturated carbocycles. The number of fused-ring (bicyclic) bond motifs is 5. The van der Waals surface area contributed by atoms with Crippen LogP contribution in [0.1, 0.15) is 118 Å². The number of halogens is 6. The van der Waals surface area contributed by atoms with Crippen LogP contribution >= 0.6 is 43.5 Å². The number of hydrogen-bond acceptors (Lipinski definition) is 13. The summed E-state index contributed by atoms with van der Waals surface area (Å²) in [4.78, 5) is 56.5. The molecule has 3 aliphatic rings. The number of rotatable bonds is 6. The molecular formula is C56H66BBr2ClF3N13O4. The van der Waals surface area contributed by atoms with Crippen LogP contribution in [0.2, 0.25) is 5.15 Å². The van der Waals surface area contributed by atoms with Gasteiger partial charge in [-0.25, -0.2) is 43.1 Å². The molecule has 3 aromatic carbocycles. The van der Waals surface area contributed by atoms with Crippen molar-refractivity contribution in [2.75, 3.05) is 23.7 Å². The number of amides is 2. The van der Waals surface area contributed by atoms with Crippen LogP contribution in [0.15, 0.2) is 57.5 Å². The zero-order valence-corrected chi connectivity index (χ0v) is 50.8. The van der Waals surface area contributed by atoms with E-state index in [1.54, 1.807) is 31.2 Å². The van der Waals surface area contributed by atoms with Crippen LogP contribution in [0.5, 0.6) is 0 Å². The van der Waals surface area contributed by atoms with Crippen molar-refractivity contribution >= 4 is 113 Å². The molecule has 1 saturated heterocycles. The van der Waals surface area contributed by atoms with E-state index in [0.717, 1.165) is 34.8 Å². The molecule has 80 heavy (non-hydrogen) atoms. The lowest BCUT2D eigenvalue weighted by Crippen LogP contribution is -2.41. The number of nitrogens with zero attached hydrogens (tertiary/aromatic N) is 6. The van der Waals surface area contributed by atoms with Crippen LogP contribution in [0, 0.1) is 38.2 Å². The number of hydrogen-bond donors (Lipinski definition) is 7. The number of H-pyrrole nitrogens is 2. The monoisotopic (exact) mass is 1250 g/mol. The zero-order chi connectivity index (χ0) is 58.7. The second-order valence-electron chi connectivity index (χ2n) is 21.3. The Hall–Kier alpha value is -6.24. The summed E-state index contributed by atoms with van der Waals surface area (Å²) < 4.78 is 53.9. The van der Waals surface area contributed by atoms with Crippen LogP contribution in [0.25, 0.3) is 44.4 Å². The number of nitrogens with two attached hydrogens (primary N) is 1. The lowest BCUT2D eigenvalue weighted by molar-refractivity contribution is 0.00578. The highest BCUT2D eigenvalue weighted by atomic mass is 79.9. The summed E-state index contributed by atoms with van der Waals surface area (Å²) >= 11 is 12.1. The average Bonchev–Trinajstić information content (AvgIpc) is 4.15. The van der Waals surface area contributed by atoms with E-state index in [9.17, 15) is 22.8 Å². The molecule has 0 radical (unpaired) electrons. The van der Waals surface area contributed by atoms with Gasteiger partial charge in [0.05, 0.1) is 76.2 Å². The third-order valence-electron chi connectivity index (χ3n) is 13.0. The van der Waals surface area contributed by atoms with Gasteiger partial charge in [0.1, 0.15) is 45.6 Å². The second-order valence-corrected chi connectivity index (χ2v) is 23.2. The number of anilines is 2. The number of carbonyl (C=O) groups is 2. The van der Waals surface area contributed by atoms with Crippen molar-refractivity contribution in [3.05, 3.63) is 120 Å². The Morgan fingerprint density at radius 2 is 1.04 bits per heavy atom. The lowest BCUT2D eigenvalue weighted by Gasteiger charge is -2.32. The minimum Gasteiger partial charge on any atom is -0.398 e. The van der Waals surface area contributed by atoms with Crippen molar-refractivity contribution < 1.29 is 32.1 Å². The first kappa shape index (κ1) is 61.4. The highest BCUT2D eigenvalue weighted by Crippen LogP contribution is 2.37. The van der Waals surface area contributed by atoms with Crippen LogP contribution in [0.3, 0.4) is 0 Å². The van der Waals surface area contributed by atoms with E-state index < -0.39 is 12.9 Å². The predicted octanol–water partition coefficient (Wildman–Crippen LogP) is 11.3. The van der Waals surface area contributed by atoms with Crippen molar-refractivity contribution in [2.45, 2.75) is 132 Å². The number of nitrogens with one attached hydrogen (secondary N) is 6. The molecule has 8 aromatic rings. The van der Waals surface area contributed by atoms with Crippen molar-refractivity contribution in [1.82, 2.24) is 50.5 Å². The molecule has 424 valence electrons. The third kappa shape index (κ3) is 14.1. The van der Waals surface area contributed by atoms with E-state index in [0.29, 0.717) is 112 Å². The summed E-state index contributed by atoms with van der Waals surface area (Å²) in [6.07, 6.45) is 1.51. The van der Waals surface area contributed by atoms with Crippen LogP contribution in [-0.2, 0) is 22.2 Å². The fourth-order valence-electron chi connectivity index (χ4n) is 8.39. The van der Waals surface area contributed by atoms with E-state index >= 15 is 0 Å². The molecular weight excluding hydrogens is 1180 g/mol. The first-order chi connectivity index (χ1) is 37.5. The Labute approximate surface area is 485 Å². The summed E-state index contributed by atoms with van der Waals surface area (Å²) in [6.45, 7) is 26.8. The molecule has 3 aliphatic heterocycles. The number of aromatic amines is 2. The van der Waals surface area contributed by atoms with Gasteiger partial charge < -0.3 is 46.3 Å². The van der Waals surface area contributed by atoms with E-state index in [1.165, 1.54) is 18.2 Å². The Morgan fingerprint density at radius 1 is 0.625 bits per heavy atom. The van der Waals surface area contributed by atoms with Crippen molar-refractivity contribution in [3.63, 3.8) is 0 Å². The Balaban J connectivity index is 0.000000154. The van der Waals surface area contributed by atoms with Crippen LogP contribution in [0.4, 0.5) is 24.8 Å². The summed E-state index contributed by atoms with van der Waals surface area (Å²) in [5.74, 6) is 0.0639. The SMILES string of the molecule is CC(C)N.CC1(C)OB(c2cc3c([nH]2)CCNC3=O)OC1(C)C.Cc1nc2ccc(F)c(-c3cc4c([nH]3)CCNC4=O)c2nc1NC(C)C.Cc1nc2ccc(F)c(Br)c2nc1Cl.Cc1nc2ccc(F)c(Br)c2nc1NC(C)C. The largest absolute Gasteiger partial charge is 0.512 e. The summed E-state index contributed by atoms with van der Waals surface area (Å²) in [5.41, 5.74) is 14.7. The predicted molar refractivity (Wildman–Crippen MR) is 318 cm³/mol. The molecule has 11 rings (SSSR count). The molecule has 0 aliphatic carbocycles. The van der Waals surface area contributed by atoms with Gasteiger partial charge in [0.25, 0.3) is 11.8 Å². The van der Waals surface area contributed by atoms with Gasteiger partial charge in [-0.2, -0.15) is 0 Å². The number of aryl methyl sites for hydroxylation is 3. The van der Waals surface area contributed by atoms with Gasteiger partial charge >= 0.3 is 7.12 Å². The quantitative estimate of drug-likeness (QED) is 0.0769. The van der Waals surface area contributed by atoms with Crippen LogP contribution in [-0.4, -0.2) is 101 Å². The Morgan fingerprint density at radius 3 is 1.50 bits per heavy atom. The maximum absolute atomic E-state index is 14.8. The molecule has 0 atom stereocenters. The van der Waals surface area contributed by atoms with E-state index in [4.69, 9.17) is 26.6 Å². The standard InChI is InChI=1S/C19H20FN5O.C13H19BN2O3.C12H13BrFN3.C9H5BrClFN2.C3H9N/c1-9(2)22-18-10(3)23-14-5-4-12(20)16(17(14)25-18)15-8-11-13(24-15)6-7-21-19(11)26;1-12(2)13(3,4)19-14(18-12)10-7-8-9(16-10)5-6-15-11(8)17;1-6(2)15-12-7(3)16-9-5-4-8(14)10(13)11(9)17-12;1-4-9(11)14-8-6(13-4)3-2-5(12)7(8)10;1-3(2)4/h4-5,8-9,24H,6-7H2,1-3H3,(H,21,26)(H,22,25);7,16H,5-6H2,1-4H3,(H,15,17);4-6H,1-3H3,(H,15,17);2-3H,1H3;3H,4H2,1-2H3. The summed E-state index contributed by atoms with van der Waals surface area (Å²) in [5, 5.41) is 12.4. The molecule has 5 aromatic heterocycles. The second kappa shape index (κ2) is 25.3. The third-order valence-corrected chi connectivity index (χ3v) is 14.8. The maximum atomic E-state index is 14.8. The molecule has 2 amide bonds. The maximum Gasteiger partial charge on any atom is 0.512 e. The number of aromatic nitrogens is 8. The first-order valence-corrected chi connectivity index (χ1v) is 28.0. The fraction of sp³-hybridized carbons (Fsp3) is 0.393. The molecule has 0 spiro atoms. The van der Waals surface area contributed by atoms with Gasteiger partial charge in [-0.15, -0.1) is 0 Å². The fourth-order valence-corrected chi connectivity index (χ4v) is 9.36. The lowest BCUT2D eigenvalue weighted by atomic mass is 9.85. The molecule has 0 bridgehead atoms. The molecule has 17 nitrogen and oxygen atoms in total. The Kier molecular flexibility index (Phi) is 19.4. The number of carbonyl (C=O) groups excluding carboxylic acids is 2. The first-order valence-electron chi connectivity index (χ1n) is 26.1. The zero-order valence-electron chi connectivity index (χ0n) is 46.9. The van der Waals surface area contributed by atoms with Gasteiger partial charge in [0.2, 0.25) is 0 Å². The van der Waals surface area contributed by atoms with E-state index in [-0.39, 0.29) is 46.7 Å². The molecule has 24 heteroatoms. The van der Waals surface area contributed by atoms with Crippen LogP contribution < -0.4 is 32.6 Å².